The number of rotatable bonds is 3. The van der Waals surface area contributed by atoms with E-state index in [-0.39, 0.29) is 0 Å². The Balaban J connectivity index is 1.70. The van der Waals surface area contributed by atoms with Gasteiger partial charge in [0, 0.05) is 0 Å². The first kappa shape index (κ1) is 19.1. The van der Waals surface area contributed by atoms with E-state index in [1.54, 1.807) is 9.14 Å². The number of hydrogen-bond donors (Lipinski definition) is 0. The van der Waals surface area contributed by atoms with Gasteiger partial charge in [0.25, 0.3) is 0 Å². The van der Waals surface area contributed by atoms with Crippen molar-refractivity contribution < 1.29 is 0 Å². The molecule has 2 aliphatic rings. The molecule has 0 aliphatic heterocycles. The Morgan fingerprint density at radius 3 is 2.29 bits per heavy atom. The molecule has 0 spiro atoms. The summed E-state index contributed by atoms with van der Waals surface area (Å²) >= 11 is -1.61. The summed E-state index contributed by atoms with van der Waals surface area (Å²) in [5, 5.41) is 0. The first-order chi connectivity index (χ1) is 15.2. The van der Waals surface area contributed by atoms with E-state index in [9.17, 15) is 0 Å². The molecule has 0 bridgehead atoms. The van der Waals surface area contributed by atoms with Crippen LogP contribution in [-0.4, -0.2) is 19.8 Å². The van der Waals surface area contributed by atoms with E-state index in [2.05, 4.69) is 101 Å². The molecule has 1 atom stereocenters. The van der Waals surface area contributed by atoms with Gasteiger partial charge in [0.05, 0.1) is 0 Å². The van der Waals surface area contributed by atoms with Crippen molar-refractivity contribution in [3.8, 4) is 22.3 Å². The van der Waals surface area contributed by atoms with E-state index in [1.807, 2.05) is 0 Å². The minimum atomic E-state index is -1.61. The molecule has 0 nitrogen and oxygen atoms in total. The number of benzene rings is 4. The van der Waals surface area contributed by atoms with Crippen molar-refractivity contribution in [2.75, 3.05) is 0 Å². The molecule has 0 amide bonds. The van der Waals surface area contributed by atoms with Gasteiger partial charge in [-0.1, -0.05) is 0 Å². The Labute approximate surface area is 192 Å². The minimum absolute atomic E-state index is 0.301. The summed E-state index contributed by atoms with van der Waals surface area (Å²) in [4.78, 5) is 5.02. The van der Waals surface area contributed by atoms with Crippen molar-refractivity contribution in [3.05, 3.63) is 119 Å². The van der Waals surface area contributed by atoms with Gasteiger partial charge < -0.3 is 0 Å². The quantitative estimate of drug-likeness (QED) is 0.227. The first-order valence-electron chi connectivity index (χ1n) is 11.1. The number of hydrogen-bond acceptors (Lipinski definition) is 0. The van der Waals surface area contributed by atoms with E-state index < -0.39 is 19.8 Å². The van der Waals surface area contributed by atoms with Crippen molar-refractivity contribution >= 4 is 29.4 Å². The van der Waals surface area contributed by atoms with Crippen LogP contribution in [0.3, 0.4) is 0 Å². The van der Waals surface area contributed by atoms with Gasteiger partial charge in [0.2, 0.25) is 0 Å². The van der Waals surface area contributed by atoms with Crippen molar-refractivity contribution in [2.45, 2.75) is 22.2 Å². The van der Waals surface area contributed by atoms with Crippen LogP contribution in [0.2, 0.25) is 9.88 Å². The van der Waals surface area contributed by atoms with Gasteiger partial charge >= 0.3 is 193 Å². The molecule has 0 heterocycles. The van der Waals surface area contributed by atoms with Crippen LogP contribution in [-0.2, 0) is 6.42 Å². The summed E-state index contributed by atoms with van der Waals surface area (Å²) < 4.78 is 1.66. The summed E-state index contributed by atoms with van der Waals surface area (Å²) in [5.41, 5.74) is 14.4. The Bertz CT molecular complexity index is 1360. The van der Waals surface area contributed by atoms with Gasteiger partial charge in [-0.3, -0.25) is 0 Å². The van der Waals surface area contributed by atoms with Gasteiger partial charge in [0.1, 0.15) is 0 Å². The molecular formula is C30H25Sn. The fourth-order valence-electron chi connectivity index (χ4n) is 5.77. The Morgan fingerprint density at radius 1 is 0.742 bits per heavy atom. The van der Waals surface area contributed by atoms with E-state index in [4.69, 9.17) is 0 Å². The molecule has 4 aromatic rings. The molecule has 0 saturated heterocycles. The van der Waals surface area contributed by atoms with Gasteiger partial charge in [0.15, 0.2) is 0 Å². The SMILES string of the molecule is C=Cc1ccc2c(c1C1c3ccccc3-c3ccc[c]([Sn]([CH3])[CH3])c31)Cc1ccccc1-2. The standard InChI is InChI=1S/C28H19.2CH3.Sn/c1-2-18-15-16-23-20-10-4-3-9-19(20)17-26(23)27(18)28-24-13-7-5-11-21(24)22-12-6-8-14-25(22)28;;;/h2-13,15-16,28H,1,17H2;2*1H3;. The van der Waals surface area contributed by atoms with Gasteiger partial charge in [-0.15, -0.1) is 0 Å². The Hall–Kier alpha value is -2.58. The third kappa shape index (κ3) is 2.74. The Morgan fingerprint density at radius 2 is 1.48 bits per heavy atom. The number of fused-ring (bicyclic) bond motifs is 6. The van der Waals surface area contributed by atoms with E-state index in [1.165, 1.54) is 50.1 Å². The second-order valence-corrected chi connectivity index (χ2v) is 16.2. The molecule has 0 saturated carbocycles. The van der Waals surface area contributed by atoms with Crippen LogP contribution in [0.15, 0.2) is 85.4 Å². The molecule has 4 aromatic carbocycles. The summed E-state index contributed by atoms with van der Waals surface area (Å²) in [6.45, 7) is 4.22. The van der Waals surface area contributed by atoms with Crippen molar-refractivity contribution in [2.24, 2.45) is 0 Å². The van der Waals surface area contributed by atoms with Crippen LogP contribution in [0.1, 0.15) is 39.3 Å². The summed E-state index contributed by atoms with van der Waals surface area (Å²) in [7, 11) is 0. The summed E-state index contributed by atoms with van der Waals surface area (Å²) in [5.74, 6) is 0.301. The van der Waals surface area contributed by atoms with Crippen LogP contribution in [0.4, 0.5) is 0 Å². The predicted molar refractivity (Wildman–Crippen MR) is 135 cm³/mol. The predicted octanol–water partition coefficient (Wildman–Crippen LogP) is 7.02. The van der Waals surface area contributed by atoms with Gasteiger partial charge in [-0.25, -0.2) is 0 Å². The average Bonchev–Trinajstić information content (AvgIpc) is 3.34. The first-order valence-corrected chi connectivity index (χ1v) is 18.2. The van der Waals surface area contributed by atoms with Crippen LogP contribution in [0.5, 0.6) is 0 Å². The molecule has 0 N–H and O–H groups in total. The van der Waals surface area contributed by atoms with E-state index in [0.717, 1.165) is 6.42 Å². The molecule has 0 aromatic heterocycles. The fourth-order valence-corrected chi connectivity index (χ4v) is 9.33. The molecule has 31 heavy (non-hydrogen) atoms. The molecule has 149 valence electrons. The van der Waals surface area contributed by atoms with Crippen LogP contribution < -0.4 is 3.58 Å². The normalized spacial score (nSPS) is 15.4. The van der Waals surface area contributed by atoms with Crippen LogP contribution in [0, 0.1) is 0 Å². The Kier molecular flexibility index (Phi) is 4.47. The molecule has 2 aliphatic carbocycles. The maximum absolute atomic E-state index is 4.22. The third-order valence-electron chi connectivity index (χ3n) is 7.07. The van der Waals surface area contributed by atoms with Gasteiger partial charge in [-0.2, -0.15) is 0 Å². The molecule has 1 unspecified atom stereocenters. The zero-order valence-corrected chi connectivity index (χ0v) is 20.9. The average molecular weight is 504 g/mol. The van der Waals surface area contributed by atoms with Crippen LogP contribution in [0.25, 0.3) is 28.3 Å². The topological polar surface area (TPSA) is 0 Å². The molecule has 1 heteroatoms. The zero-order valence-electron chi connectivity index (χ0n) is 18.1. The summed E-state index contributed by atoms with van der Waals surface area (Å²) in [6.07, 6.45) is 3.09. The summed E-state index contributed by atoms with van der Waals surface area (Å²) in [6, 6.07) is 29.6. The third-order valence-corrected chi connectivity index (χ3v) is 11.4. The van der Waals surface area contributed by atoms with Crippen molar-refractivity contribution in [1.82, 2.24) is 0 Å². The molecular weight excluding hydrogens is 479 g/mol. The molecule has 1 radical (unpaired) electrons. The zero-order chi connectivity index (χ0) is 21.1. The molecule has 6 rings (SSSR count). The van der Waals surface area contributed by atoms with E-state index in [0.29, 0.717) is 5.92 Å². The second kappa shape index (κ2) is 7.24. The van der Waals surface area contributed by atoms with Crippen molar-refractivity contribution in [3.63, 3.8) is 0 Å². The van der Waals surface area contributed by atoms with Crippen LogP contribution >= 0.6 is 0 Å². The molecule has 0 fully saturated rings. The maximum atomic E-state index is 4.22. The van der Waals surface area contributed by atoms with E-state index >= 15 is 0 Å². The second-order valence-electron chi connectivity index (χ2n) is 8.92. The monoisotopic (exact) mass is 505 g/mol. The van der Waals surface area contributed by atoms with Gasteiger partial charge in [-0.05, 0) is 0 Å². The van der Waals surface area contributed by atoms with Crippen molar-refractivity contribution in [1.29, 1.82) is 0 Å². The fraction of sp³-hybridized carbons (Fsp3) is 0.133.